The first kappa shape index (κ1) is 22.0. The van der Waals surface area contributed by atoms with Crippen molar-refractivity contribution < 1.29 is 16.8 Å². The molecule has 0 aromatic heterocycles. The average Bonchev–Trinajstić information content (AvgIpc) is 2.52. The standard InChI is InChI=1S/C18H36O4S2/c1-6-7-13-24(20,21)22-23(15(2)3,16(4)5)14-18(19)17-11-9-8-10-12-17/h15-17H,6-14H2,1-5H3/p+1. The van der Waals surface area contributed by atoms with Crippen LogP contribution in [0.1, 0.15) is 79.6 Å². The van der Waals surface area contributed by atoms with E-state index in [1.165, 1.54) is 6.42 Å². The van der Waals surface area contributed by atoms with Gasteiger partial charge in [-0.1, -0.05) is 32.6 Å². The molecule has 0 radical (unpaired) electrons. The molecule has 0 heterocycles. The zero-order chi connectivity index (χ0) is 18.4. The summed E-state index contributed by atoms with van der Waals surface area (Å²) in [7, 11) is -5.34. The Morgan fingerprint density at radius 2 is 1.58 bits per heavy atom. The molecule has 0 spiro atoms. The number of ketones is 1. The molecule has 1 aliphatic carbocycles. The Kier molecular flexibility index (Phi) is 8.77. The van der Waals surface area contributed by atoms with Gasteiger partial charge in [-0.15, -0.1) is 0 Å². The maximum absolute atomic E-state index is 12.9. The van der Waals surface area contributed by atoms with Crippen LogP contribution in [0.2, 0.25) is 0 Å². The minimum atomic E-state index is -3.46. The molecular weight excluding hydrogens is 344 g/mol. The number of unbranched alkanes of at least 4 members (excludes halogenated alkanes) is 1. The van der Waals surface area contributed by atoms with E-state index in [-0.39, 0.29) is 28.0 Å². The Morgan fingerprint density at radius 1 is 1.04 bits per heavy atom. The summed E-state index contributed by atoms with van der Waals surface area (Å²) >= 11 is 0. The number of carbonyl (C=O) groups is 1. The second-order valence-electron chi connectivity index (χ2n) is 7.57. The van der Waals surface area contributed by atoms with Crippen LogP contribution in [0.4, 0.5) is 0 Å². The fourth-order valence-corrected chi connectivity index (χ4v) is 10.1. The van der Waals surface area contributed by atoms with Gasteiger partial charge in [0.25, 0.3) is 0 Å². The molecule has 1 aliphatic rings. The minimum Gasteiger partial charge on any atom is -0.298 e. The van der Waals surface area contributed by atoms with Crippen molar-refractivity contribution in [2.24, 2.45) is 5.92 Å². The van der Waals surface area contributed by atoms with Crippen molar-refractivity contribution >= 4 is 26.2 Å². The van der Waals surface area contributed by atoms with Gasteiger partial charge in [-0.3, -0.25) is 8.42 Å². The quantitative estimate of drug-likeness (QED) is 0.399. The molecule has 0 aliphatic heterocycles. The van der Waals surface area contributed by atoms with E-state index in [0.717, 1.165) is 32.1 Å². The van der Waals surface area contributed by atoms with Crippen LogP contribution in [0.5, 0.6) is 0 Å². The highest BCUT2D eigenvalue weighted by atomic mass is 32.3. The summed E-state index contributed by atoms with van der Waals surface area (Å²) in [4.78, 5) is 12.9. The van der Waals surface area contributed by atoms with E-state index >= 15 is 0 Å². The number of rotatable bonds is 10. The lowest BCUT2D eigenvalue weighted by Crippen LogP contribution is -2.37. The van der Waals surface area contributed by atoms with Crippen molar-refractivity contribution in [2.75, 3.05) is 11.5 Å². The van der Waals surface area contributed by atoms with Gasteiger partial charge in [0.2, 0.25) is 0 Å². The number of Topliss-reactive ketones (excluding diaryl/α,β-unsaturated/α-hetero) is 1. The highest BCUT2D eigenvalue weighted by molar-refractivity contribution is 8.33. The van der Waals surface area contributed by atoms with E-state index in [1.54, 1.807) is 0 Å². The fourth-order valence-electron chi connectivity index (χ4n) is 3.42. The van der Waals surface area contributed by atoms with Gasteiger partial charge in [-0.05, 0) is 57.3 Å². The first-order valence-corrected chi connectivity index (χ1v) is 12.9. The molecule has 0 aromatic carbocycles. The molecule has 1 fully saturated rings. The lowest BCUT2D eigenvalue weighted by Gasteiger charge is -2.41. The summed E-state index contributed by atoms with van der Waals surface area (Å²) in [6.45, 7) is 10.1. The van der Waals surface area contributed by atoms with Crippen LogP contribution < -0.4 is 0 Å². The summed E-state index contributed by atoms with van der Waals surface area (Å²) in [6.07, 6.45) is 6.85. The topological polar surface area (TPSA) is 64.0 Å². The van der Waals surface area contributed by atoms with Gasteiger partial charge in [0.1, 0.15) is 5.75 Å². The molecule has 0 aromatic rings. The van der Waals surface area contributed by atoms with Crippen LogP contribution in [-0.2, 0) is 14.9 Å². The summed E-state index contributed by atoms with van der Waals surface area (Å²) in [5, 5.41) is 0.197. The maximum Gasteiger partial charge on any atom is 0.390 e. The van der Waals surface area contributed by atoms with Gasteiger partial charge in [0.15, 0.2) is 5.78 Å². The molecule has 6 heteroatoms. The monoisotopic (exact) mass is 381 g/mol. The van der Waals surface area contributed by atoms with Crippen molar-refractivity contribution in [3.8, 4) is 0 Å². The molecule has 144 valence electrons. The van der Waals surface area contributed by atoms with Gasteiger partial charge in [0, 0.05) is 16.4 Å². The van der Waals surface area contributed by atoms with Gasteiger partial charge in [-0.25, -0.2) is 0 Å². The second kappa shape index (κ2) is 9.58. The van der Waals surface area contributed by atoms with Crippen LogP contribution in [0.15, 0.2) is 0 Å². The van der Waals surface area contributed by atoms with Gasteiger partial charge in [0.05, 0.1) is 5.75 Å². The summed E-state index contributed by atoms with van der Waals surface area (Å²) in [5.41, 5.74) is 0. The van der Waals surface area contributed by atoms with Crippen molar-refractivity contribution in [1.82, 2.24) is 0 Å². The van der Waals surface area contributed by atoms with Crippen LogP contribution in [0, 0.1) is 5.92 Å². The second-order valence-corrected chi connectivity index (χ2v) is 13.5. The molecule has 0 saturated heterocycles. The Hall–Kier alpha value is -0.0700. The summed E-state index contributed by atoms with van der Waals surface area (Å²) in [5.74, 6) is 0.825. The third-order valence-corrected chi connectivity index (χ3v) is 11.9. The van der Waals surface area contributed by atoms with Crippen molar-refractivity contribution in [1.29, 1.82) is 0 Å². The lowest BCUT2D eigenvalue weighted by atomic mass is 9.87. The van der Waals surface area contributed by atoms with Crippen LogP contribution in [0.3, 0.4) is 0 Å². The normalized spacial score (nSPS) is 18.3. The Morgan fingerprint density at radius 3 is 2.04 bits per heavy atom. The molecule has 0 atom stereocenters. The fraction of sp³-hybridized carbons (Fsp3) is 0.944. The summed E-state index contributed by atoms with van der Waals surface area (Å²) < 4.78 is 29.5. The van der Waals surface area contributed by atoms with E-state index in [1.807, 2.05) is 34.6 Å². The van der Waals surface area contributed by atoms with Gasteiger partial charge in [-0.2, -0.15) is 8.42 Å². The number of hydrogen-bond donors (Lipinski definition) is 0. The van der Waals surface area contributed by atoms with Crippen LogP contribution in [0.25, 0.3) is 0 Å². The van der Waals surface area contributed by atoms with E-state index in [9.17, 15) is 13.2 Å². The predicted molar refractivity (Wildman–Crippen MR) is 106 cm³/mol. The Bertz CT molecular complexity index is 483. The first-order valence-electron chi connectivity index (χ1n) is 9.43. The molecule has 0 unspecified atom stereocenters. The third kappa shape index (κ3) is 6.03. The molecular formula is C18H37O4S2+. The van der Waals surface area contributed by atoms with E-state index in [0.29, 0.717) is 12.2 Å². The Balaban J connectivity index is 2.99. The van der Waals surface area contributed by atoms with Crippen LogP contribution >= 0.6 is 10.3 Å². The molecule has 0 amide bonds. The SMILES string of the molecule is CCCCS(=O)(=O)[OH+]S(CC(=O)C1CCCCC1)(C(C)C)C(C)C. The molecule has 4 nitrogen and oxygen atoms in total. The highest BCUT2D eigenvalue weighted by Gasteiger charge is 2.45. The number of carbonyl (C=O) groups excluding carboxylic acids is 1. The van der Waals surface area contributed by atoms with E-state index in [2.05, 4.69) is 3.63 Å². The largest absolute Gasteiger partial charge is 0.390 e. The van der Waals surface area contributed by atoms with Gasteiger partial charge >= 0.3 is 10.1 Å². The molecule has 1 rings (SSSR count). The smallest absolute Gasteiger partial charge is 0.298 e. The molecule has 0 bridgehead atoms. The van der Waals surface area contributed by atoms with Crippen LogP contribution in [-0.4, -0.2) is 39.8 Å². The van der Waals surface area contributed by atoms with E-state index < -0.39 is 20.4 Å². The lowest BCUT2D eigenvalue weighted by molar-refractivity contribution is -0.121. The number of hydrogen-bond acceptors (Lipinski definition) is 3. The maximum atomic E-state index is 12.9. The Labute approximate surface area is 150 Å². The molecule has 1 saturated carbocycles. The zero-order valence-corrected chi connectivity index (χ0v) is 17.7. The van der Waals surface area contributed by atoms with E-state index in [4.69, 9.17) is 0 Å². The molecule has 24 heavy (non-hydrogen) atoms. The minimum absolute atomic E-state index is 0.0986. The predicted octanol–water partition coefficient (Wildman–Crippen LogP) is 4.90. The first-order chi connectivity index (χ1) is 11.1. The van der Waals surface area contributed by atoms with Crippen molar-refractivity contribution in [2.45, 2.75) is 90.1 Å². The van der Waals surface area contributed by atoms with Gasteiger partial charge < -0.3 is 0 Å². The average molecular weight is 382 g/mol. The highest BCUT2D eigenvalue weighted by Crippen LogP contribution is 2.57. The van der Waals surface area contributed by atoms with Crippen molar-refractivity contribution in [3.05, 3.63) is 0 Å². The summed E-state index contributed by atoms with van der Waals surface area (Å²) in [6, 6.07) is 0. The molecule has 1 N–H and O–H groups in total. The third-order valence-electron chi connectivity index (χ3n) is 5.07. The zero-order valence-electron chi connectivity index (χ0n) is 16.1. The van der Waals surface area contributed by atoms with Crippen molar-refractivity contribution in [3.63, 3.8) is 0 Å².